The fraction of sp³-hybridized carbons (Fsp3) is 1.00. The summed E-state index contributed by atoms with van der Waals surface area (Å²) in [5.74, 6) is 4.78. The van der Waals surface area contributed by atoms with Crippen molar-refractivity contribution in [3.63, 3.8) is 0 Å². The SMILES string of the molecule is CCNN.CCO. The first kappa shape index (κ1) is 9.99. The van der Waals surface area contributed by atoms with E-state index in [-0.39, 0.29) is 6.61 Å². The Hall–Kier alpha value is -0.120. The smallest absolute Gasteiger partial charge is 0.0402 e. The van der Waals surface area contributed by atoms with Gasteiger partial charge in [0.25, 0.3) is 0 Å². The third-order valence-electron chi connectivity index (χ3n) is 0.204. The Kier molecular flexibility index (Phi) is 24.1. The minimum Gasteiger partial charge on any atom is -0.397 e. The van der Waals surface area contributed by atoms with Crippen LogP contribution in [0.2, 0.25) is 0 Å². The average Bonchev–Trinajstić information content (AvgIpc) is 1.69. The van der Waals surface area contributed by atoms with Gasteiger partial charge in [0.1, 0.15) is 0 Å². The van der Waals surface area contributed by atoms with E-state index in [1.54, 1.807) is 6.92 Å². The molecule has 0 aliphatic heterocycles. The van der Waals surface area contributed by atoms with Crippen molar-refractivity contribution in [1.29, 1.82) is 0 Å². The van der Waals surface area contributed by atoms with Gasteiger partial charge in [0, 0.05) is 13.2 Å². The Morgan fingerprint density at radius 1 is 1.57 bits per heavy atom. The van der Waals surface area contributed by atoms with Crippen LogP contribution in [0.15, 0.2) is 0 Å². The highest BCUT2D eigenvalue weighted by Gasteiger charge is 1.50. The third kappa shape index (κ3) is 114. The number of hydrogen-bond acceptors (Lipinski definition) is 3. The highest BCUT2D eigenvalue weighted by atomic mass is 16.2. The molecule has 0 aromatic carbocycles. The maximum absolute atomic E-state index is 7.57. The molecule has 0 heterocycles. The number of aliphatic hydroxyl groups is 1. The van der Waals surface area contributed by atoms with Crippen LogP contribution in [0.3, 0.4) is 0 Å². The van der Waals surface area contributed by atoms with Crippen molar-refractivity contribution < 1.29 is 5.11 Å². The second-order valence-electron chi connectivity index (χ2n) is 0.874. The molecule has 46 valence electrons. The van der Waals surface area contributed by atoms with Crippen molar-refractivity contribution in [3.8, 4) is 0 Å². The molecule has 3 heteroatoms. The standard InChI is InChI=1S/C2H8N2.C2H6O/c1-2-4-3;1-2-3/h4H,2-3H2,1H3;3H,2H2,1H3. The molecule has 0 aromatic heterocycles. The molecule has 0 atom stereocenters. The minimum absolute atomic E-state index is 0.250. The Morgan fingerprint density at radius 2 is 1.71 bits per heavy atom. The molecule has 0 aliphatic rings. The number of hydrogen-bond donors (Lipinski definition) is 3. The van der Waals surface area contributed by atoms with Gasteiger partial charge in [-0.25, -0.2) is 0 Å². The lowest BCUT2D eigenvalue weighted by atomic mass is 10.8. The summed E-state index contributed by atoms with van der Waals surface area (Å²) >= 11 is 0. The summed E-state index contributed by atoms with van der Waals surface area (Å²) in [7, 11) is 0. The topological polar surface area (TPSA) is 58.3 Å². The number of rotatable bonds is 1. The van der Waals surface area contributed by atoms with Gasteiger partial charge in [-0.2, -0.15) is 0 Å². The largest absolute Gasteiger partial charge is 0.397 e. The summed E-state index contributed by atoms with van der Waals surface area (Å²) in [4.78, 5) is 0. The molecule has 0 aliphatic carbocycles. The van der Waals surface area contributed by atoms with Crippen LogP contribution in [0, 0.1) is 0 Å². The molecule has 0 radical (unpaired) electrons. The lowest BCUT2D eigenvalue weighted by Crippen LogP contribution is -2.20. The highest BCUT2D eigenvalue weighted by Crippen LogP contribution is 1.30. The van der Waals surface area contributed by atoms with Crippen molar-refractivity contribution in [2.75, 3.05) is 13.2 Å². The summed E-state index contributed by atoms with van der Waals surface area (Å²) in [6.45, 7) is 4.72. The zero-order valence-electron chi connectivity index (χ0n) is 4.94. The van der Waals surface area contributed by atoms with Gasteiger partial charge in [-0.15, -0.1) is 0 Å². The van der Waals surface area contributed by atoms with Crippen LogP contribution < -0.4 is 11.3 Å². The Labute approximate surface area is 44.5 Å². The predicted molar refractivity (Wildman–Crippen MR) is 30.6 cm³/mol. The number of hydrazine groups is 1. The molecule has 0 unspecified atom stereocenters. The van der Waals surface area contributed by atoms with Gasteiger partial charge in [-0.1, -0.05) is 6.92 Å². The van der Waals surface area contributed by atoms with Crippen LogP contribution in [0.4, 0.5) is 0 Å². The van der Waals surface area contributed by atoms with Crippen LogP contribution in [0.25, 0.3) is 0 Å². The van der Waals surface area contributed by atoms with E-state index in [9.17, 15) is 0 Å². The van der Waals surface area contributed by atoms with Crippen LogP contribution in [0.5, 0.6) is 0 Å². The summed E-state index contributed by atoms with van der Waals surface area (Å²) in [5, 5.41) is 7.57. The fourth-order valence-corrected chi connectivity index (χ4v) is 0. The molecular weight excluding hydrogens is 92.1 g/mol. The summed E-state index contributed by atoms with van der Waals surface area (Å²) in [6.07, 6.45) is 0. The normalized spacial score (nSPS) is 6.86. The quantitative estimate of drug-likeness (QED) is 0.311. The Morgan fingerprint density at radius 3 is 1.71 bits per heavy atom. The molecule has 0 bridgehead atoms. The molecule has 0 rings (SSSR count). The molecule has 0 saturated carbocycles. The van der Waals surface area contributed by atoms with E-state index < -0.39 is 0 Å². The van der Waals surface area contributed by atoms with Crippen LogP contribution in [0.1, 0.15) is 13.8 Å². The maximum Gasteiger partial charge on any atom is 0.0402 e. The van der Waals surface area contributed by atoms with Crippen LogP contribution >= 0.6 is 0 Å². The zero-order valence-corrected chi connectivity index (χ0v) is 4.94. The molecule has 3 nitrogen and oxygen atoms in total. The summed E-state index contributed by atoms with van der Waals surface area (Å²) in [5.41, 5.74) is 2.43. The van der Waals surface area contributed by atoms with Crippen LogP contribution in [-0.4, -0.2) is 18.3 Å². The monoisotopic (exact) mass is 106 g/mol. The zero-order chi connectivity index (χ0) is 6.12. The first-order chi connectivity index (χ1) is 3.33. The molecule has 0 fully saturated rings. The minimum atomic E-state index is 0.250. The summed E-state index contributed by atoms with van der Waals surface area (Å²) < 4.78 is 0. The van der Waals surface area contributed by atoms with Crippen molar-refractivity contribution in [2.45, 2.75) is 13.8 Å². The third-order valence-corrected chi connectivity index (χ3v) is 0.204. The highest BCUT2D eigenvalue weighted by molar-refractivity contribution is 4.10. The van der Waals surface area contributed by atoms with E-state index in [1.807, 2.05) is 6.92 Å². The fourth-order valence-electron chi connectivity index (χ4n) is 0. The Bertz CT molecular complexity index is 17.2. The van der Waals surface area contributed by atoms with Gasteiger partial charge in [0.2, 0.25) is 0 Å². The van der Waals surface area contributed by atoms with Gasteiger partial charge in [0.05, 0.1) is 0 Å². The van der Waals surface area contributed by atoms with Crippen molar-refractivity contribution in [1.82, 2.24) is 5.43 Å². The van der Waals surface area contributed by atoms with Gasteiger partial charge in [0.15, 0.2) is 0 Å². The first-order valence-electron chi connectivity index (χ1n) is 2.37. The first-order valence-corrected chi connectivity index (χ1v) is 2.37. The molecule has 4 N–H and O–H groups in total. The molecule has 7 heavy (non-hydrogen) atoms. The van der Waals surface area contributed by atoms with Crippen molar-refractivity contribution >= 4 is 0 Å². The van der Waals surface area contributed by atoms with E-state index in [1.165, 1.54) is 0 Å². The van der Waals surface area contributed by atoms with Gasteiger partial charge in [-0.3, -0.25) is 11.3 Å². The number of nitrogens with two attached hydrogens (primary N) is 1. The average molecular weight is 106 g/mol. The lowest BCUT2D eigenvalue weighted by molar-refractivity contribution is 0.318. The van der Waals surface area contributed by atoms with Crippen molar-refractivity contribution in [2.24, 2.45) is 5.84 Å². The van der Waals surface area contributed by atoms with Gasteiger partial charge >= 0.3 is 0 Å². The molecule has 0 amide bonds. The van der Waals surface area contributed by atoms with E-state index in [0.29, 0.717) is 0 Å². The predicted octanol–water partition coefficient (Wildman–Crippen LogP) is -0.532. The molecule has 0 aromatic rings. The Balaban J connectivity index is 0. The second kappa shape index (κ2) is 16.9. The number of nitrogens with one attached hydrogen (secondary N) is 1. The lowest BCUT2D eigenvalue weighted by Gasteiger charge is -1.77. The van der Waals surface area contributed by atoms with E-state index in [2.05, 4.69) is 5.43 Å². The van der Waals surface area contributed by atoms with Crippen molar-refractivity contribution in [3.05, 3.63) is 0 Å². The van der Waals surface area contributed by atoms with E-state index >= 15 is 0 Å². The second-order valence-corrected chi connectivity index (χ2v) is 0.874. The molecule has 0 saturated heterocycles. The van der Waals surface area contributed by atoms with Gasteiger partial charge in [-0.05, 0) is 6.92 Å². The number of aliphatic hydroxyl groups excluding tert-OH is 1. The maximum atomic E-state index is 7.57. The van der Waals surface area contributed by atoms with Gasteiger partial charge < -0.3 is 5.11 Å². The van der Waals surface area contributed by atoms with E-state index in [4.69, 9.17) is 10.9 Å². The van der Waals surface area contributed by atoms with Crippen LogP contribution in [-0.2, 0) is 0 Å². The van der Waals surface area contributed by atoms with E-state index in [0.717, 1.165) is 6.54 Å². The molecular formula is C4H14N2O. The molecule has 0 spiro atoms. The summed E-state index contributed by atoms with van der Waals surface area (Å²) in [6, 6.07) is 0.